The van der Waals surface area contributed by atoms with Gasteiger partial charge in [-0.25, -0.2) is 9.37 Å². The lowest BCUT2D eigenvalue weighted by molar-refractivity contribution is -0.115. The second-order valence-corrected chi connectivity index (χ2v) is 5.98. The Morgan fingerprint density at radius 3 is 2.32 bits per heavy atom. The van der Waals surface area contributed by atoms with Crippen molar-refractivity contribution < 1.29 is 18.7 Å². The molecule has 2 aromatic carbocycles. The maximum atomic E-state index is 12.9. The van der Waals surface area contributed by atoms with Crippen molar-refractivity contribution in [3.8, 4) is 11.5 Å². The van der Waals surface area contributed by atoms with Crippen molar-refractivity contribution in [2.24, 2.45) is 0 Å². The average Bonchev–Trinajstić information content (AvgIpc) is 2.71. The van der Waals surface area contributed by atoms with Crippen LogP contribution in [0.25, 0.3) is 0 Å². The standard InChI is InChI=1S/C21H20FN3O3/c1-27-18-9-7-16(12-19(18)28-2)24-17-8-10-20(23-13-17)25-21(26)11-14-3-5-15(22)6-4-14/h3-10,12-13,24H,11H2,1-2H3,(H,23,25,26). The summed E-state index contributed by atoms with van der Waals surface area (Å²) in [7, 11) is 3.16. The summed E-state index contributed by atoms with van der Waals surface area (Å²) in [4.78, 5) is 16.3. The first kappa shape index (κ1) is 19.2. The lowest BCUT2D eigenvalue weighted by atomic mass is 10.1. The van der Waals surface area contributed by atoms with Gasteiger partial charge in [0.1, 0.15) is 11.6 Å². The van der Waals surface area contributed by atoms with Gasteiger partial charge in [-0.3, -0.25) is 4.79 Å². The van der Waals surface area contributed by atoms with Crippen molar-refractivity contribution in [1.82, 2.24) is 4.98 Å². The molecule has 0 atom stereocenters. The molecule has 0 aliphatic rings. The molecule has 3 rings (SSSR count). The summed E-state index contributed by atoms with van der Waals surface area (Å²) in [5.41, 5.74) is 2.29. The minimum absolute atomic E-state index is 0.146. The van der Waals surface area contributed by atoms with E-state index in [1.807, 2.05) is 12.1 Å². The fourth-order valence-electron chi connectivity index (χ4n) is 2.60. The van der Waals surface area contributed by atoms with Gasteiger partial charge in [0.15, 0.2) is 11.5 Å². The molecule has 144 valence electrons. The zero-order valence-electron chi connectivity index (χ0n) is 15.5. The summed E-state index contributed by atoms with van der Waals surface area (Å²) < 4.78 is 23.4. The molecule has 2 N–H and O–H groups in total. The molecule has 3 aromatic rings. The molecular formula is C21H20FN3O3. The Bertz CT molecular complexity index is 944. The largest absolute Gasteiger partial charge is 0.493 e. The molecule has 0 aliphatic heterocycles. The van der Waals surface area contributed by atoms with Crippen LogP contribution in [0.2, 0.25) is 0 Å². The predicted octanol–water partition coefficient (Wildman–Crippen LogP) is 4.16. The fourth-order valence-corrected chi connectivity index (χ4v) is 2.60. The molecule has 0 unspecified atom stereocenters. The number of ether oxygens (including phenoxy) is 2. The Hall–Kier alpha value is -3.61. The molecule has 0 spiro atoms. The number of rotatable bonds is 7. The summed E-state index contributed by atoms with van der Waals surface area (Å²) in [6, 6.07) is 14.8. The van der Waals surface area contributed by atoms with Crippen molar-refractivity contribution in [3.63, 3.8) is 0 Å². The Kier molecular flexibility index (Phi) is 6.06. The van der Waals surface area contributed by atoms with Crippen molar-refractivity contribution in [2.75, 3.05) is 24.9 Å². The molecule has 0 saturated heterocycles. The van der Waals surface area contributed by atoms with Crippen LogP contribution in [0.1, 0.15) is 5.56 Å². The van der Waals surface area contributed by atoms with Gasteiger partial charge in [-0.1, -0.05) is 12.1 Å². The SMILES string of the molecule is COc1ccc(Nc2ccc(NC(=O)Cc3ccc(F)cc3)nc2)cc1OC. The predicted molar refractivity (Wildman–Crippen MR) is 106 cm³/mol. The van der Waals surface area contributed by atoms with E-state index in [9.17, 15) is 9.18 Å². The van der Waals surface area contributed by atoms with Gasteiger partial charge in [0.05, 0.1) is 32.5 Å². The number of hydrogen-bond acceptors (Lipinski definition) is 5. The van der Waals surface area contributed by atoms with Crippen LogP contribution < -0.4 is 20.1 Å². The summed E-state index contributed by atoms with van der Waals surface area (Å²) in [5.74, 6) is 1.14. The zero-order chi connectivity index (χ0) is 19.9. The number of amides is 1. The minimum atomic E-state index is -0.330. The van der Waals surface area contributed by atoms with Crippen LogP contribution in [0.5, 0.6) is 11.5 Å². The Labute approximate surface area is 162 Å². The van der Waals surface area contributed by atoms with Gasteiger partial charge in [0.25, 0.3) is 0 Å². The number of pyridine rings is 1. The number of benzene rings is 2. The number of nitrogens with zero attached hydrogens (tertiary/aromatic N) is 1. The lowest BCUT2D eigenvalue weighted by Crippen LogP contribution is -2.15. The first-order chi connectivity index (χ1) is 13.6. The molecule has 1 heterocycles. The van der Waals surface area contributed by atoms with Crippen LogP contribution in [0.4, 0.5) is 21.6 Å². The van der Waals surface area contributed by atoms with Crippen LogP contribution >= 0.6 is 0 Å². The van der Waals surface area contributed by atoms with Gasteiger partial charge in [-0.15, -0.1) is 0 Å². The van der Waals surface area contributed by atoms with E-state index in [2.05, 4.69) is 15.6 Å². The van der Waals surface area contributed by atoms with E-state index < -0.39 is 0 Å². The minimum Gasteiger partial charge on any atom is -0.493 e. The van der Waals surface area contributed by atoms with Crippen molar-refractivity contribution in [2.45, 2.75) is 6.42 Å². The highest BCUT2D eigenvalue weighted by Gasteiger charge is 2.07. The Morgan fingerprint density at radius 1 is 0.964 bits per heavy atom. The second kappa shape index (κ2) is 8.85. The smallest absolute Gasteiger partial charge is 0.229 e. The van der Waals surface area contributed by atoms with Crippen LogP contribution in [-0.2, 0) is 11.2 Å². The lowest BCUT2D eigenvalue weighted by Gasteiger charge is -2.11. The number of nitrogens with one attached hydrogen (secondary N) is 2. The van der Waals surface area contributed by atoms with Gasteiger partial charge in [-0.2, -0.15) is 0 Å². The van der Waals surface area contributed by atoms with Gasteiger partial charge in [0.2, 0.25) is 5.91 Å². The summed E-state index contributed by atoms with van der Waals surface area (Å²) in [5, 5.41) is 5.93. The quantitative estimate of drug-likeness (QED) is 0.643. The van der Waals surface area contributed by atoms with Crippen LogP contribution in [0.3, 0.4) is 0 Å². The molecule has 1 amide bonds. The topological polar surface area (TPSA) is 72.5 Å². The number of carbonyl (C=O) groups excluding carboxylic acids is 1. The normalized spacial score (nSPS) is 10.2. The maximum Gasteiger partial charge on any atom is 0.229 e. The molecule has 6 nitrogen and oxygen atoms in total. The molecule has 1 aromatic heterocycles. The second-order valence-electron chi connectivity index (χ2n) is 5.98. The Balaban J connectivity index is 1.60. The number of aromatic nitrogens is 1. The van der Waals surface area contributed by atoms with E-state index in [1.54, 1.807) is 50.7 Å². The van der Waals surface area contributed by atoms with E-state index in [1.165, 1.54) is 12.1 Å². The van der Waals surface area contributed by atoms with Crippen molar-refractivity contribution >= 4 is 23.1 Å². The average molecular weight is 381 g/mol. The van der Waals surface area contributed by atoms with E-state index in [4.69, 9.17) is 9.47 Å². The van der Waals surface area contributed by atoms with Crippen molar-refractivity contribution in [3.05, 3.63) is 72.2 Å². The number of hydrogen-bond donors (Lipinski definition) is 2. The summed E-state index contributed by atoms with van der Waals surface area (Å²) in [6.07, 6.45) is 1.76. The molecule has 0 aliphatic carbocycles. The van der Waals surface area contributed by atoms with Crippen LogP contribution in [0.15, 0.2) is 60.8 Å². The number of carbonyl (C=O) groups is 1. The van der Waals surface area contributed by atoms with Crippen LogP contribution in [0, 0.1) is 5.82 Å². The van der Waals surface area contributed by atoms with E-state index in [0.717, 1.165) is 16.9 Å². The molecule has 7 heteroatoms. The highest BCUT2D eigenvalue weighted by molar-refractivity contribution is 5.91. The fraction of sp³-hybridized carbons (Fsp3) is 0.143. The van der Waals surface area contributed by atoms with E-state index in [-0.39, 0.29) is 18.1 Å². The highest BCUT2D eigenvalue weighted by atomic mass is 19.1. The van der Waals surface area contributed by atoms with Gasteiger partial charge in [0, 0.05) is 11.8 Å². The molecular weight excluding hydrogens is 361 g/mol. The summed E-state index contributed by atoms with van der Waals surface area (Å²) in [6.45, 7) is 0. The first-order valence-corrected chi connectivity index (χ1v) is 8.57. The third-order valence-electron chi connectivity index (χ3n) is 3.98. The number of methoxy groups -OCH3 is 2. The van der Waals surface area contributed by atoms with Gasteiger partial charge in [-0.05, 0) is 42.0 Å². The van der Waals surface area contributed by atoms with E-state index in [0.29, 0.717) is 17.3 Å². The zero-order valence-corrected chi connectivity index (χ0v) is 15.5. The molecule has 28 heavy (non-hydrogen) atoms. The van der Waals surface area contributed by atoms with Gasteiger partial charge >= 0.3 is 0 Å². The van der Waals surface area contributed by atoms with Crippen molar-refractivity contribution in [1.29, 1.82) is 0 Å². The monoisotopic (exact) mass is 381 g/mol. The highest BCUT2D eigenvalue weighted by Crippen LogP contribution is 2.31. The maximum absolute atomic E-state index is 12.9. The first-order valence-electron chi connectivity index (χ1n) is 8.57. The summed E-state index contributed by atoms with van der Waals surface area (Å²) >= 11 is 0. The number of anilines is 3. The third-order valence-corrected chi connectivity index (χ3v) is 3.98. The molecule has 0 saturated carbocycles. The third kappa shape index (κ3) is 4.97. The van der Waals surface area contributed by atoms with E-state index >= 15 is 0 Å². The van der Waals surface area contributed by atoms with Crippen LogP contribution in [-0.4, -0.2) is 25.1 Å². The Morgan fingerprint density at radius 2 is 1.68 bits per heavy atom. The van der Waals surface area contributed by atoms with Gasteiger partial charge < -0.3 is 20.1 Å². The molecule has 0 radical (unpaired) electrons. The number of halogens is 1. The molecule has 0 fully saturated rings. The molecule has 0 bridgehead atoms.